The molecule has 3 amide bonds. The maximum absolute atomic E-state index is 12.1. The van der Waals surface area contributed by atoms with Crippen LogP contribution in [-0.2, 0) is 4.79 Å². The number of rotatable bonds is 4. The van der Waals surface area contributed by atoms with Gasteiger partial charge in [-0.3, -0.25) is 9.69 Å². The molecule has 0 aromatic heterocycles. The Kier molecular flexibility index (Phi) is 4.22. The zero-order valence-electron chi connectivity index (χ0n) is 11.3. The molecule has 18 heavy (non-hydrogen) atoms. The maximum atomic E-state index is 12.1. The Hall–Kier alpha value is -1.10. The van der Waals surface area contributed by atoms with Gasteiger partial charge in [-0.25, -0.2) is 9.69 Å². The molecule has 0 saturated carbocycles. The van der Waals surface area contributed by atoms with Crippen molar-refractivity contribution in [2.45, 2.75) is 45.6 Å². The van der Waals surface area contributed by atoms with Crippen LogP contribution in [0, 0.1) is 5.92 Å². The molecule has 0 spiro atoms. The van der Waals surface area contributed by atoms with Crippen LogP contribution in [0.3, 0.4) is 0 Å². The lowest BCUT2D eigenvalue weighted by Gasteiger charge is -2.29. The lowest BCUT2D eigenvalue weighted by molar-refractivity contribution is -0.129. The minimum absolute atomic E-state index is 0.0562. The average Bonchev–Trinajstić information content (AvgIpc) is 2.58. The Bertz CT molecular complexity index is 324. The summed E-state index contributed by atoms with van der Waals surface area (Å²) in [4.78, 5) is 27.5. The second-order valence-corrected chi connectivity index (χ2v) is 5.72. The van der Waals surface area contributed by atoms with E-state index in [0.29, 0.717) is 12.6 Å². The quantitative estimate of drug-likeness (QED) is 0.770. The number of imide groups is 1. The van der Waals surface area contributed by atoms with Gasteiger partial charge in [-0.05, 0) is 38.3 Å². The summed E-state index contributed by atoms with van der Waals surface area (Å²) in [6, 6.07) is -0.543. The van der Waals surface area contributed by atoms with E-state index in [1.165, 1.54) is 24.2 Å². The molecule has 5 nitrogen and oxygen atoms in total. The second-order valence-electron chi connectivity index (χ2n) is 5.72. The van der Waals surface area contributed by atoms with Gasteiger partial charge in [0.15, 0.2) is 0 Å². The van der Waals surface area contributed by atoms with Crippen LogP contribution >= 0.6 is 0 Å². The van der Waals surface area contributed by atoms with E-state index in [1.807, 2.05) is 0 Å². The molecule has 2 saturated heterocycles. The minimum atomic E-state index is -0.317. The SMILES string of the molecule is CC(C)CC1NC(=O)N(CN2CCCCC2)C1=O. The van der Waals surface area contributed by atoms with Gasteiger partial charge in [0, 0.05) is 0 Å². The summed E-state index contributed by atoms with van der Waals surface area (Å²) >= 11 is 0. The van der Waals surface area contributed by atoms with Crippen molar-refractivity contribution in [3.8, 4) is 0 Å². The van der Waals surface area contributed by atoms with E-state index in [2.05, 4.69) is 24.1 Å². The average molecular weight is 253 g/mol. The van der Waals surface area contributed by atoms with E-state index in [4.69, 9.17) is 0 Å². The number of amides is 3. The van der Waals surface area contributed by atoms with Crippen molar-refractivity contribution in [3.05, 3.63) is 0 Å². The van der Waals surface area contributed by atoms with E-state index in [0.717, 1.165) is 19.5 Å². The largest absolute Gasteiger partial charge is 0.326 e. The number of urea groups is 1. The summed E-state index contributed by atoms with van der Waals surface area (Å²) in [5.41, 5.74) is 0. The van der Waals surface area contributed by atoms with Gasteiger partial charge in [0.25, 0.3) is 5.91 Å². The highest BCUT2D eigenvalue weighted by Crippen LogP contribution is 2.16. The maximum Gasteiger partial charge on any atom is 0.325 e. The Labute approximate surface area is 108 Å². The number of carbonyl (C=O) groups excluding carboxylic acids is 2. The summed E-state index contributed by atoms with van der Waals surface area (Å²) in [5, 5.41) is 2.79. The fourth-order valence-corrected chi connectivity index (χ4v) is 2.64. The zero-order valence-corrected chi connectivity index (χ0v) is 11.3. The molecule has 2 aliphatic rings. The fourth-order valence-electron chi connectivity index (χ4n) is 2.64. The van der Waals surface area contributed by atoms with Crippen molar-refractivity contribution in [1.82, 2.24) is 15.1 Å². The van der Waals surface area contributed by atoms with Crippen molar-refractivity contribution in [2.75, 3.05) is 19.8 Å². The summed E-state index contributed by atoms with van der Waals surface area (Å²) < 4.78 is 0. The molecule has 0 radical (unpaired) electrons. The second kappa shape index (κ2) is 5.69. The zero-order chi connectivity index (χ0) is 13.1. The van der Waals surface area contributed by atoms with E-state index in [1.54, 1.807) is 0 Å². The van der Waals surface area contributed by atoms with Crippen molar-refractivity contribution < 1.29 is 9.59 Å². The van der Waals surface area contributed by atoms with E-state index in [9.17, 15) is 9.59 Å². The number of hydrogen-bond acceptors (Lipinski definition) is 3. The van der Waals surface area contributed by atoms with Crippen LogP contribution in [0.5, 0.6) is 0 Å². The topological polar surface area (TPSA) is 52.7 Å². The van der Waals surface area contributed by atoms with Crippen LogP contribution in [0.25, 0.3) is 0 Å². The first-order valence-electron chi connectivity index (χ1n) is 6.92. The Morgan fingerprint density at radius 3 is 2.50 bits per heavy atom. The van der Waals surface area contributed by atoms with Gasteiger partial charge in [0.1, 0.15) is 6.04 Å². The molecule has 0 aromatic rings. The Morgan fingerprint density at radius 1 is 1.22 bits per heavy atom. The molecular weight excluding hydrogens is 230 g/mol. The Balaban J connectivity index is 1.91. The third-order valence-electron chi connectivity index (χ3n) is 3.60. The summed E-state index contributed by atoms with van der Waals surface area (Å²) in [6.45, 7) is 6.57. The molecule has 102 valence electrons. The van der Waals surface area contributed by atoms with E-state index < -0.39 is 0 Å². The van der Waals surface area contributed by atoms with E-state index >= 15 is 0 Å². The van der Waals surface area contributed by atoms with Gasteiger partial charge < -0.3 is 5.32 Å². The van der Waals surface area contributed by atoms with Crippen LogP contribution in [0.15, 0.2) is 0 Å². The van der Waals surface area contributed by atoms with Gasteiger partial charge >= 0.3 is 6.03 Å². The van der Waals surface area contributed by atoms with Crippen molar-refractivity contribution >= 4 is 11.9 Å². The van der Waals surface area contributed by atoms with Crippen molar-refractivity contribution in [3.63, 3.8) is 0 Å². The molecule has 1 unspecified atom stereocenters. The number of likely N-dealkylation sites (tertiary alicyclic amines) is 1. The normalized spacial score (nSPS) is 25.9. The van der Waals surface area contributed by atoms with Gasteiger partial charge in [0.2, 0.25) is 0 Å². The molecule has 1 atom stereocenters. The van der Waals surface area contributed by atoms with Gasteiger partial charge in [-0.2, -0.15) is 0 Å². The highest BCUT2D eigenvalue weighted by atomic mass is 16.2. The molecule has 1 N–H and O–H groups in total. The predicted molar refractivity (Wildman–Crippen MR) is 68.9 cm³/mol. The molecule has 0 aromatic carbocycles. The molecule has 2 rings (SSSR count). The van der Waals surface area contributed by atoms with Gasteiger partial charge in [0.05, 0.1) is 6.67 Å². The minimum Gasteiger partial charge on any atom is -0.326 e. The third-order valence-corrected chi connectivity index (χ3v) is 3.60. The first-order valence-corrected chi connectivity index (χ1v) is 6.92. The van der Waals surface area contributed by atoms with Crippen LogP contribution in [0.2, 0.25) is 0 Å². The molecule has 2 aliphatic heterocycles. The highest BCUT2D eigenvalue weighted by Gasteiger charge is 2.38. The van der Waals surface area contributed by atoms with Crippen LogP contribution in [-0.4, -0.2) is 47.5 Å². The number of hydrogen-bond donors (Lipinski definition) is 1. The van der Waals surface area contributed by atoms with Crippen LogP contribution in [0.1, 0.15) is 39.5 Å². The van der Waals surface area contributed by atoms with Crippen molar-refractivity contribution in [1.29, 1.82) is 0 Å². The molecular formula is C13H23N3O2. The van der Waals surface area contributed by atoms with E-state index in [-0.39, 0.29) is 18.0 Å². The lowest BCUT2D eigenvalue weighted by atomic mass is 10.0. The molecule has 2 fully saturated rings. The molecule has 0 bridgehead atoms. The summed E-state index contributed by atoms with van der Waals surface area (Å²) in [6.07, 6.45) is 4.31. The Morgan fingerprint density at radius 2 is 1.89 bits per heavy atom. The van der Waals surface area contributed by atoms with Crippen molar-refractivity contribution in [2.24, 2.45) is 5.92 Å². The lowest BCUT2D eigenvalue weighted by Crippen LogP contribution is -2.44. The third kappa shape index (κ3) is 3.02. The van der Waals surface area contributed by atoms with Crippen LogP contribution < -0.4 is 5.32 Å². The van der Waals surface area contributed by atoms with Crippen LogP contribution in [0.4, 0.5) is 4.79 Å². The van der Waals surface area contributed by atoms with Gasteiger partial charge in [-0.1, -0.05) is 20.3 Å². The first kappa shape index (κ1) is 13.3. The highest BCUT2D eigenvalue weighted by molar-refractivity contribution is 6.04. The fraction of sp³-hybridized carbons (Fsp3) is 0.846. The smallest absolute Gasteiger partial charge is 0.325 e. The summed E-state index contributed by atoms with van der Waals surface area (Å²) in [7, 11) is 0. The number of nitrogens with zero attached hydrogens (tertiary/aromatic N) is 2. The predicted octanol–water partition coefficient (Wildman–Crippen LogP) is 1.40. The standard InChI is InChI=1S/C13H23N3O2/c1-10(2)8-11-12(17)16(13(18)14-11)9-15-6-4-3-5-7-15/h10-11H,3-9H2,1-2H3,(H,14,18). The monoisotopic (exact) mass is 253 g/mol. The summed E-state index contributed by atoms with van der Waals surface area (Å²) in [5.74, 6) is 0.355. The molecule has 2 heterocycles. The number of carbonyl (C=O) groups is 2. The number of nitrogens with one attached hydrogen (secondary N) is 1. The number of piperidine rings is 1. The van der Waals surface area contributed by atoms with Gasteiger partial charge in [-0.15, -0.1) is 0 Å². The first-order chi connectivity index (χ1) is 8.58. The molecule has 5 heteroatoms. The molecule has 0 aliphatic carbocycles.